The van der Waals surface area contributed by atoms with Gasteiger partial charge in [-0.25, -0.2) is 23.4 Å². The fourth-order valence-electron chi connectivity index (χ4n) is 2.96. The van der Waals surface area contributed by atoms with Crippen molar-refractivity contribution in [1.29, 1.82) is 0 Å². The Morgan fingerprint density at radius 1 is 1.00 bits per heavy atom. The molecule has 2 heterocycles. The van der Waals surface area contributed by atoms with Gasteiger partial charge in [0.05, 0.1) is 5.75 Å². The number of benzene rings is 2. The van der Waals surface area contributed by atoms with Crippen LogP contribution in [0.3, 0.4) is 0 Å². The van der Waals surface area contributed by atoms with Crippen LogP contribution in [0.1, 0.15) is 5.56 Å². The van der Waals surface area contributed by atoms with Gasteiger partial charge in [-0.15, -0.1) is 0 Å². The molecular formula is C19H15ClN4O2S. The minimum absolute atomic E-state index is 0.0217. The van der Waals surface area contributed by atoms with Crippen LogP contribution in [0.4, 0.5) is 0 Å². The molecule has 0 atom stereocenters. The summed E-state index contributed by atoms with van der Waals surface area (Å²) in [4.78, 5) is 12.7. The summed E-state index contributed by atoms with van der Waals surface area (Å²) in [5.41, 5.74) is 2.23. The number of hydrogen-bond acceptors (Lipinski definition) is 5. The van der Waals surface area contributed by atoms with Crippen LogP contribution < -0.4 is 0 Å². The van der Waals surface area contributed by atoms with E-state index in [1.54, 1.807) is 35.9 Å². The molecule has 27 heavy (non-hydrogen) atoms. The van der Waals surface area contributed by atoms with Gasteiger partial charge in [0.2, 0.25) is 9.84 Å². The number of imidazole rings is 1. The van der Waals surface area contributed by atoms with Crippen LogP contribution in [0.25, 0.3) is 22.6 Å². The molecule has 0 aliphatic carbocycles. The Kier molecular flexibility index (Phi) is 4.41. The molecule has 0 saturated carbocycles. The van der Waals surface area contributed by atoms with Gasteiger partial charge >= 0.3 is 0 Å². The number of halogens is 1. The predicted octanol–water partition coefficient (Wildman–Crippen LogP) is 3.66. The lowest BCUT2D eigenvalue weighted by atomic mass is 10.2. The first kappa shape index (κ1) is 17.6. The number of rotatable bonds is 4. The first-order chi connectivity index (χ1) is 13.0. The number of aromatic nitrogens is 4. The molecule has 4 rings (SSSR count). The predicted molar refractivity (Wildman–Crippen MR) is 104 cm³/mol. The molecule has 4 aromatic rings. The summed E-state index contributed by atoms with van der Waals surface area (Å²) in [6.07, 6.45) is 1.23. The van der Waals surface area contributed by atoms with Crippen LogP contribution in [0, 0.1) is 0 Å². The van der Waals surface area contributed by atoms with E-state index in [4.69, 9.17) is 11.6 Å². The summed E-state index contributed by atoms with van der Waals surface area (Å²) in [6.45, 7) is 0. The zero-order chi connectivity index (χ0) is 19.0. The highest BCUT2D eigenvalue weighted by Crippen LogP contribution is 2.28. The first-order valence-electron chi connectivity index (χ1n) is 8.16. The van der Waals surface area contributed by atoms with Crippen molar-refractivity contribution >= 4 is 32.6 Å². The Balaban J connectivity index is 1.86. The Hall–Kier alpha value is -2.77. The largest absolute Gasteiger partial charge is 0.323 e. The lowest BCUT2D eigenvalue weighted by Crippen LogP contribution is -2.10. The van der Waals surface area contributed by atoms with E-state index >= 15 is 0 Å². The number of aryl methyl sites for hydroxylation is 1. The standard InChI is InChI=1S/C19H15ClN4O2S/c1-24-16-17(23-18(24)14-7-9-15(20)10-8-14)21-12-22-19(16)27(25,26)11-13-5-3-2-4-6-13/h2-10,12H,11H2,1H3. The van der Waals surface area contributed by atoms with E-state index in [1.807, 2.05) is 30.3 Å². The van der Waals surface area contributed by atoms with Gasteiger partial charge in [-0.3, -0.25) is 0 Å². The van der Waals surface area contributed by atoms with Crippen LogP contribution in [0.2, 0.25) is 5.02 Å². The van der Waals surface area contributed by atoms with E-state index in [9.17, 15) is 8.42 Å². The van der Waals surface area contributed by atoms with Crippen molar-refractivity contribution in [3.63, 3.8) is 0 Å². The summed E-state index contributed by atoms with van der Waals surface area (Å²) in [5.74, 6) is 0.458. The molecule has 8 heteroatoms. The van der Waals surface area contributed by atoms with Crippen molar-refractivity contribution in [2.75, 3.05) is 0 Å². The van der Waals surface area contributed by atoms with Gasteiger partial charge in [0, 0.05) is 17.6 Å². The molecular weight excluding hydrogens is 384 g/mol. The smallest absolute Gasteiger partial charge is 0.202 e. The van der Waals surface area contributed by atoms with Gasteiger partial charge in [0.25, 0.3) is 0 Å². The molecule has 0 aliphatic heterocycles. The Labute approximate surface area is 161 Å². The Morgan fingerprint density at radius 3 is 2.41 bits per heavy atom. The molecule has 0 aliphatic rings. The molecule has 0 amide bonds. The molecule has 0 bridgehead atoms. The van der Waals surface area contributed by atoms with E-state index in [0.29, 0.717) is 27.6 Å². The van der Waals surface area contributed by atoms with Crippen LogP contribution in [0.15, 0.2) is 66.0 Å². The van der Waals surface area contributed by atoms with Crippen molar-refractivity contribution in [3.8, 4) is 11.4 Å². The lowest BCUT2D eigenvalue weighted by molar-refractivity contribution is 0.592. The SMILES string of the molecule is Cn1c(-c2ccc(Cl)cc2)nc2ncnc(S(=O)(=O)Cc3ccccc3)c21. The number of nitrogens with zero attached hydrogens (tertiary/aromatic N) is 4. The van der Waals surface area contributed by atoms with Gasteiger partial charge in [-0.1, -0.05) is 41.9 Å². The normalized spacial score (nSPS) is 11.8. The second-order valence-corrected chi connectivity index (χ2v) is 8.44. The Morgan fingerprint density at radius 2 is 1.70 bits per heavy atom. The summed E-state index contributed by atoms with van der Waals surface area (Å²) >= 11 is 5.95. The van der Waals surface area contributed by atoms with Crippen molar-refractivity contribution in [2.24, 2.45) is 7.05 Å². The van der Waals surface area contributed by atoms with Crippen LogP contribution in [0.5, 0.6) is 0 Å². The monoisotopic (exact) mass is 398 g/mol. The van der Waals surface area contributed by atoms with E-state index < -0.39 is 9.84 Å². The quantitative estimate of drug-likeness (QED) is 0.490. The average Bonchev–Trinajstić information content (AvgIpc) is 3.00. The summed E-state index contributed by atoms with van der Waals surface area (Å²) in [6, 6.07) is 16.2. The molecule has 6 nitrogen and oxygen atoms in total. The fraction of sp³-hybridized carbons (Fsp3) is 0.105. The minimum Gasteiger partial charge on any atom is -0.323 e. The molecule has 2 aromatic carbocycles. The zero-order valence-corrected chi connectivity index (χ0v) is 15.9. The van der Waals surface area contributed by atoms with Gasteiger partial charge in [-0.05, 0) is 29.8 Å². The Bertz CT molecular complexity index is 1220. The molecule has 136 valence electrons. The van der Waals surface area contributed by atoms with Crippen LogP contribution in [-0.2, 0) is 22.6 Å². The van der Waals surface area contributed by atoms with Gasteiger partial charge in [0.15, 0.2) is 10.7 Å². The average molecular weight is 399 g/mol. The van der Waals surface area contributed by atoms with E-state index in [-0.39, 0.29) is 10.8 Å². The molecule has 0 unspecified atom stereocenters. The number of hydrogen-bond donors (Lipinski definition) is 0. The first-order valence-corrected chi connectivity index (χ1v) is 10.2. The highest BCUT2D eigenvalue weighted by Gasteiger charge is 2.25. The maximum absolute atomic E-state index is 13.0. The second-order valence-electron chi connectivity index (χ2n) is 6.10. The highest BCUT2D eigenvalue weighted by molar-refractivity contribution is 7.90. The second kappa shape index (κ2) is 6.75. The van der Waals surface area contributed by atoms with Gasteiger partial charge in [-0.2, -0.15) is 0 Å². The maximum Gasteiger partial charge on any atom is 0.202 e. The minimum atomic E-state index is -3.67. The van der Waals surface area contributed by atoms with Crippen LogP contribution >= 0.6 is 11.6 Å². The molecule has 0 fully saturated rings. The van der Waals surface area contributed by atoms with E-state index in [1.165, 1.54) is 6.33 Å². The van der Waals surface area contributed by atoms with Crippen molar-refractivity contribution in [3.05, 3.63) is 71.5 Å². The third kappa shape index (κ3) is 3.31. The third-order valence-corrected chi connectivity index (χ3v) is 6.08. The van der Waals surface area contributed by atoms with Gasteiger partial charge in [0.1, 0.15) is 17.7 Å². The highest BCUT2D eigenvalue weighted by atomic mass is 35.5. The maximum atomic E-state index is 13.0. The summed E-state index contributed by atoms with van der Waals surface area (Å²) in [7, 11) is -1.92. The molecule has 0 N–H and O–H groups in total. The topological polar surface area (TPSA) is 77.7 Å². The van der Waals surface area contributed by atoms with Crippen molar-refractivity contribution in [2.45, 2.75) is 10.8 Å². The summed E-state index contributed by atoms with van der Waals surface area (Å²) < 4.78 is 27.7. The lowest BCUT2D eigenvalue weighted by Gasteiger charge is -2.07. The number of fused-ring (bicyclic) bond motifs is 1. The molecule has 0 radical (unpaired) electrons. The molecule has 0 spiro atoms. The number of sulfone groups is 1. The summed E-state index contributed by atoms with van der Waals surface area (Å²) in [5, 5.41) is 0.593. The van der Waals surface area contributed by atoms with E-state index in [2.05, 4.69) is 15.0 Å². The van der Waals surface area contributed by atoms with Crippen LogP contribution in [-0.4, -0.2) is 27.9 Å². The van der Waals surface area contributed by atoms with Gasteiger partial charge < -0.3 is 4.57 Å². The van der Waals surface area contributed by atoms with E-state index in [0.717, 1.165) is 5.56 Å². The molecule has 2 aromatic heterocycles. The fourth-order valence-corrected chi connectivity index (χ4v) is 4.58. The molecule has 0 saturated heterocycles. The van der Waals surface area contributed by atoms with Crippen molar-refractivity contribution in [1.82, 2.24) is 19.5 Å². The third-order valence-electron chi connectivity index (χ3n) is 4.23. The van der Waals surface area contributed by atoms with Crippen molar-refractivity contribution < 1.29 is 8.42 Å². The zero-order valence-electron chi connectivity index (χ0n) is 14.4.